The predicted octanol–water partition coefficient (Wildman–Crippen LogP) is 2.44. The molecule has 4 aromatic heterocycles. The molecule has 0 aliphatic carbocycles. The second-order valence-corrected chi connectivity index (χ2v) is 8.06. The Labute approximate surface area is 174 Å². The van der Waals surface area contributed by atoms with E-state index in [1.165, 1.54) is 11.3 Å². The van der Waals surface area contributed by atoms with Crippen molar-refractivity contribution in [3.8, 4) is 0 Å². The van der Waals surface area contributed by atoms with Gasteiger partial charge in [-0.15, -0.1) is 15.3 Å². The molecular weight excluding hydrogens is 378 g/mol. The highest BCUT2D eigenvalue weighted by atomic mass is 15.4. The average Bonchev–Trinajstić information content (AvgIpc) is 3.44. The summed E-state index contributed by atoms with van der Waals surface area (Å²) in [5.41, 5.74) is 6.67. The quantitative estimate of drug-likeness (QED) is 0.510. The van der Waals surface area contributed by atoms with Gasteiger partial charge in [0.25, 0.3) is 0 Å². The first-order valence-electron chi connectivity index (χ1n) is 10.4. The molecule has 9 nitrogen and oxygen atoms in total. The normalized spacial score (nSPS) is 16.1. The summed E-state index contributed by atoms with van der Waals surface area (Å²) < 4.78 is 3.84. The zero-order valence-corrected chi connectivity index (χ0v) is 17.2. The lowest BCUT2D eigenvalue weighted by Gasteiger charge is -2.33. The molecule has 0 radical (unpaired) electrons. The van der Waals surface area contributed by atoms with E-state index in [2.05, 4.69) is 55.8 Å². The maximum atomic E-state index is 4.82. The summed E-state index contributed by atoms with van der Waals surface area (Å²) in [4.78, 5) is 9.48. The van der Waals surface area contributed by atoms with Crippen LogP contribution in [0.1, 0.15) is 28.8 Å². The lowest BCUT2D eigenvalue weighted by Crippen LogP contribution is -2.33. The number of aryl methyl sites for hydroxylation is 2. The van der Waals surface area contributed by atoms with Crippen molar-refractivity contribution in [3.05, 3.63) is 53.2 Å². The van der Waals surface area contributed by atoms with Crippen LogP contribution in [0.2, 0.25) is 0 Å². The molecule has 30 heavy (non-hydrogen) atoms. The number of pyridine rings is 1. The van der Waals surface area contributed by atoms with Crippen molar-refractivity contribution in [1.82, 2.24) is 34.6 Å². The van der Waals surface area contributed by atoms with Gasteiger partial charge in [-0.05, 0) is 31.9 Å². The third-order valence-electron chi connectivity index (χ3n) is 6.32. The van der Waals surface area contributed by atoms with Gasteiger partial charge in [-0.2, -0.15) is 9.61 Å². The molecule has 0 aromatic carbocycles. The Balaban J connectivity index is 1.36. The highest BCUT2D eigenvalue weighted by Crippen LogP contribution is 2.32. The van der Waals surface area contributed by atoms with Gasteiger partial charge < -0.3 is 9.80 Å². The smallest absolute Gasteiger partial charge is 0.180 e. The van der Waals surface area contributed by atoms with E-state index in [4.69, 9.17) is 10.1 Å². The molecule has 152 valence electrons. The fraction of sp³-hybridized carbons (Fsp3) is 0.381. The topological polar surface area (TPSA) is 80.3 Å². The molecule has 0 amide bonds. The van der Waals surface area contributed by atoms with Gasteiger partial charge in [0.15, 0.2) is 11.5 Å². The number of nitrogens with zero attached hydrogens (tertiary/aromatic N) is 9. The molecule has 0 saturated heterocycles. The first kappa shape index (κ1) is 17.4. The number of aromatic nitrogens is 7. The molecule has 2 aliphatic heterocycles. The summed E-state index contributed by atoms with van der Waals surface area (Å²) in [5.74, 6) is 2.13. The fourth-order valence-electron chi connectivity index (χ4n) is 4.59. The van der Waals surface area contributed by atoms with E-state index in [9.17, 15) is 0 Å². The van der Waals surface area contributed by atoms with Gasteiger partial charge in [0.05, 0.1) is 18.1 Å². The largest absolute Gasteiger partial charge is 0.350 e. The maximum Gasteiger partial charge on any atom is 0.180 e. The zero-order chi connectivity index (χ0) is 20.2. The van der Waals surface area contributed by atoms with E-state index < -0.39 is 0 Å². The summed E-state index contributed by atoms with van der Waals surface area (Å²) in [7, 11) is 0. The van der Waals surface area contributed by atoms with Gasteiger partial charge in [0.2, 0.25) is 0 Å². The van der Waals surface area contributed by atoms with E-state index >= 15 is 0 Å². The van der Waals surface area contributed by atoms with Crippen LogP contribution in [0.15, 0.2) is 30.9 Å². The van der Waals surface area contributed by atoms with E-state index in [1.54, 1.807) is 10.8 Å². The average molecular weight is 401 g/mol. The first-order valence-corrected chi connectivity index (χ1v) is 10.4. The van der Waals surface area contributed by atoms with Crippen LogP contribution in [0.5, 0.6) is 0 Å². The Hall–Kier alpha value is -3.49. The second kappa shape index (κ2) is 6.51. The van der Waals surface area contributed by atoms with Gasteiger partial charge in [0.1, 0.15) is 12.1 Å². The Morgan fingerprint density at radius 3 is 2.93 bits per heavy atom. The van der Waals surface area contributed by atoms with Crippen LogP contribution in [0.25, 0.3) is 5.65 Å². The van der Waals surface area contributed by atoms with E-state index in [1.807, 2.05) is 12.4 Å². The van der Waals surface area contributed by atoms with Crippen molar-refractivity contribution in [3.63, 3.8) is 0 Å². The molecule has 0 fully saturated rings. The Morgan fingerprint density at radius 1 is 1.07 bits per heavy atom. The van der Waals surface area contributed by atoms with Crippen LogP contribution < -0.4 is 9.80 Å². The van der Waals surface area contributed by atoms with Crippen LogP contribution in [-0.4, -0.2) is 47.7 Å². The number of hydrogen-bond donors (Lipinski definition) is 0. The molecule has 6 rings (SSSR count). The Kier molecular flexibility index (Phi) is 3.77. The number of hydrogen-bond acceptors (Lipinski definition) is 7. The van der Waals surface area contributed by atoms with Gasteiger partial charge in [-0.3, -0.25) is 4.98 Å². The van der Waals surface area contributed by atoms with Crippen LogP contribution in [0.4, 0.5) is 17.3 Å². The zero-order valence-electron chi connectivity index (χ0n) is 17.2. The molecule has 6 heterocycles. The van der Waals surface area contributed by atoms with Crippen LogP contribution >= 0.6 is 0 Å². The van der Waals surface area contributed by atoms with Crippen molar-refractivity contribution in [1.29, 1.82) is 0 Å². The van der Waals surface area contributed by atoms with E-state index in [0.717, 1.165) is 73.1 Å². The SMILES string of the molecule is Cc1c(N2CCc3ncc(N4CCCn5nccc54)cc3C2)nn2cnnc2c1C. The molecule has 0 atom stereocenters. The second-order valence-electron chi connectivity index (χ2n) is 8.06. The maximum absolute atomic E-state index is 4.82. The number of rotatable bonds is 2. The summed E-state index contributed by atoms with van der Waals surface area (Å²) in [6.07, 6.45) is 7.54. The van der Waals surface area contributed by atoms with Gasteiger partial charge >= 0.3 is 0 Å². The van der Waals surface area contributed by atoms with Crippen LogP contribution in [-0.2, 0) is 19.5 Å². The number of anilines is 3. The minimum Gasteiger partial charge on any atom is -0.350 e. The van der Waals surface area contributed by atoms with Crippen molar-refractivity contribution in [2.45, 2.75) is 39.8 Å². The summed E-state index contributed by atoms with van der Waals surface area (Å²) in [5, 5.41) is 17.4. The highest BCUT2D eigenvalue weighted by molar-refractivity contribution is 5.63. The lowest BCUT2D eigenvalue weighted by atomic mass is 10.0. The summed E-state index contributed by atoms with van der Waals surface area (Å²) in [6.45, 7) is 7.86. The first-order chi connectivity index (χ1) is 14.7. The van der Waals surface area contributed by atoms with E-state index in [-0.39, 0.29) is 0 Å². The van der Waals surface area contributed by atoms with Crippen LogP contribution in [0, 0.1) is 13.8 Å². The lowest BCUT2D eigenvalue weighted by molar-refractivity contribution is 0.541. The molecular formula is C21H23N9. The minimum absolute atomic E-state index is 0.796. The third-order valence-corrected chi connectivity index (χ3v) is 6.32. The fourth-order valence-corrected chi connectivity index (χ4v) is 4.59. The Morgan fingerprint density at radius 2 is 2.00 bits per heavy atom. The third kappa shape index (κ3) is 2.58. The van der Waals surface area contributed by atoms with Crippen LogP contribution in [0.3, 0.4) is 0 Å². The molecule has 0 saturated carbocycles. The molecule has 0 bridgehead atoms. The molecule has 2 aliphatic rings. The monoisotopic (exact) mass is 401 g/mol. The van der Waals surface area contributed by atoms with Crippen molar-refractivity contribution in [2.75, 3.05) is 22.9 Å². The summed E-state index contributed by atoms with van der Waals surface area (Å²) in [6, 6.07) is 4.37. The van der Waals surface area contributed by atoms with Crippen molar-refractivity contribution in [2.24, 2.45) is 0 Å². The molecule has 0 N–H and O–H groups in total. The van der Waals surface area contributed by atoms with Crippen molar-refractivity contribution >= 4 is 23.0 Å². The standard InChI is InChI=1S/C21H23N9/c1-14-15(2)21(26-30-13-23-25-20(14)30)27-9-5-18-16(12-27)10-17(11-22-18)28-7-3-8-29-19(28)4-6-24-29/h4,6,10-11,13H,3,5,7-9,12H2,1-2H3. The van der Waals surface area contributed by atoms with Gasteiger partial charge in [-0.25, -0.2) is 4.68 Å². The van der Waals surface area contributed by atoms with Crippen molar-refractivity contribution < 1.29 is 0 Å². The molecule has 0 spiro atoms. The minimum atomic E-state index is 0.796. The highest BCUT2D eigenvalue weighted by Gasteiger charge is 2.25. The van der Waals surface area contributed by atoms with Gasteiger partial charge in [0, 0.05) is 55.5 Å². The summed E-state index contributed by atoms with van der Waals surface area (Å²) >= 11 is 0. The predicted molar refractivity (Wildman–Crippen MR) is 113 cm³/mol. The molecule has 9 heteroatoms. The molecule has 4 aromatic rings. The molecule has 0 unspecified atom stereocenters. The van der Waals surface area contributed by atoms with Gasteiger partial charge in [-0.1, -0.05) is 0 Å². The Bertz CT molecular complexity index is 1250. The van der Waals surface area contributed by atoms with E-state index in [0.29, 0.717) is 0 Å². The number of fused-ring (bicyclic) bond motifs is 3.